The highest BCUT2D eigenvalue weighted by molar-refractivity contribution is 6.49. The van der Waals surface area contributed by atoms with Gasteiger partial charge in [0.15, 0.2) is 5.82 Å². The van der Waals surface area contributed by atoms with Crippen LogP contribution in [0, 0.1) is 6.92 Å². The van der Waals surface area contributed by atoms with Crippen LogP contribution in [0.2, 0.25) is 0 Å². The van der Waals surface area contributed by atoms with E-state index < -0.39 is 0 Å². The van der Waals surface area contributed by atoms with Gasteiger partial charge in [-0.2, -0.15) is 5.10 Å². The zero-order valence-corrected chi connectivity index (χ0v) is 20.6. The number of aromatic nitrogens is 4. The summed E-state index contributed by atoms with van der Waals surface area (Å²) in [5.74, 6) is 0.730. The van der Waals surface area contributed by atoms with Crippen LogP contribution in [-0.2, 0) is 0 Å². The van der Waals surface area contributed by atoms with Gasteiger partial charge in [-0.15, -0.1) is 0 Å². The third kappa shape index (κ3) is 4.14. The van der Waals surface area contributed by atoms with Crippen molar-refractivity contribution in [1.29, 1.82) is 0 Å². The van der Waals surface area contributed by atoms with Gasteiger partial charge >= 0.3 is 0 Å². The van der Waals surface area contributed by atoms with Crippen LogP contribution in [0.4, 0.5) is 11.4 Å². The minimum absolute atomic E-state index is 0.727. The number of anilines is 1. The summed E-state index contributed by atoms with van der Waals surface area (Å²) in [4.78, 5) is 21.3. The smallest absolute Gasteiger partial charge is 0.182 e. The Bertz CT molecular complexity index is 1400. The van der Waals surface area contributed by atoms with Gasteiger partial charge in [-0.1, -0.05) is 37.3 Å². The second kappa shape index (κ2) is 9.62. The Hall–Kier alpha value is -4.13. The predicted molar refractivity (Wildman–Crippen MR) is 143 cm³/mol. The Morgan fingerprint density at radius 2 is 1.77 bits per heavy atom. The number of aryl methyl sites for hydroxylation is 1. The molecule has 0 atom stereocenters. The van der Waals surface area contributed by atoms with E-state index in [0.29, 0.717) is 0 Å². The topological polar surface area (TPSA) is 71.6 Å². The standard InChI is InChI=1S/C28H29N7/c1-5-22-26(31-23-14-13-21(17-19(23)4)34(6-2)7-3)28-32-25(20-11-9-8-10-12-20)27(35(28)33-22)24-18-29-15-16-30-24/h8-18H,5-7H2,1-4H3. The Morgan fingerprint density at radius 1 is 0.971 bits per heavy atom. The van der Waals surface area contributed by atoms with Crippen LogP contribution in [0.1, 0.15) is 38.6 Å². The monoisotopic (exact) mass is 463 g/mol. The molecule has 2 aromatic heterocycles. The van der Waals surface area contributed by atoms with E-state index in [1.165, 1.54) is 5.69 Å². The zero-order valence-electron chi connectivity index (χ0n) is 20.6. The van der Waals surface area contributed by atoms with Crippen molar-refractivity contribution in [3.8, 4) is 22.6 Å². The molecule has 0 spiro atoms. The molecule has 1 aliphatic rings. The Labute approximate surface area is 205 Å². The summed E-state index contributed by atoms with van der Waals surface area (Å²) in [6.07, 6.45) is 5.87. The van der Waals surface area contributed by atoms with Crippen molar-refractivity contribution in [2.45, 2.75) is 34.1 Å². The van der Waals surface area contributed by atoms with Crippen LogP contribution in [0.3, 0.4) is 0 Å². The van der Waals surface area contributed by atoms with E-state index in [1.807, 2.05) is 22.9 Å². The van der Waals surface area contributed by atoms with E-state index >= 15 is 0 Å². The summed E-state index contributed by atoms with van der Waals surface area (Å²) < 4.78 is 1.88. The van der Waals surface area contributed by atoms with Crippen LogP contribution in [0.15, 0.2) is 77.2 Å². The molecule has 1 aliphatic heterocycles. The average Bonchev–Trinajstić information content (AvgIpc) is 3.43. The van der Waals surface area contributed by atoms with Gasteiger partial charge in [-0.25, -0.2) is 14.7 Å². The van der Waals surface area contributed by atoms with Crippen molar-refractivity contribution in [1.82, 2.24) is 19.6 Å². The highest BCUT2D eigenvalue weighted by atomic mass is 15.4. The van der Waals surface area contributed by atoms with Gasteiger partial charge in [-0.05, 0) is 51.0 Å². The first-order valence-corrected chi connectivity index (χ1v) is 12.1. The van der Waals surface area contributed by atoms with Crippen molar-refractivity contribution < 1.29 is 0 Å². The quantitative estimate of drug-likeness (QED) is 0.342. The molecule has 7 nitrogen and oxygen atoms in total. The molecule has 0 saturated heterocycles. The molecule has 0 fully saturated rings. The fraction of sp³-hybridized carbons (Fsp3) is 0.250. The summed E-state index contributed by atoms with van der Waals surface area (Å²) in [6, 6.07) is 16.6. The molecule has 7 heteroatoms. The number of nitrogens with zero attached hydrogens (tertiary/aromatic N) is 7. The SMILES string of the molecule is CCC1=Nn2c(nc(-c3ccccc3)c2-c2cnccn2)C1=Nc1ccc(N(CC)CC)cc1C. The number of benzene rings is 2. The van der Waals surface area contributed by atoms with Crippen LogP contribution >= 0.6 is 0 Å². The lowest BCUT2D eigenvalue weighted by atomic mass is 10.1. The van der Waals surface area contributed by atoms with Crippen LogP contribution in [0.25, 0.3) is 22.6 Å². The number of hydrogen-bond acceptors (Lipinski definition) is 6. The summed E-state index contributed by atoms with van der Waals surface area (Å²) >= 11 is 0. The van der Waals surface area contributed by atoms with Crippen LogP contribution < -0.4 is 4.90 Å². The molecule has 0 aliphatic carbocycles. The predicted octanol–water partition coefficient (Wildman–Crippen LogP) is 5.91. The third-order valence-electron chi connectivity index (χ3n) is 6.29. The molecule has 0 unspecified atom stereocenters. The van der Waals surface area contributed by atoms with E-state index in [4.69, 9.17) is 15.1 Å². The van der Waals surface area contributed by atoms with Crippen molar-refractivity contribution in [2.75, 3.05) is 18.0 Å². The first-order chi connectivity index (χ1) is 17.1. The summed E-state index contributed by atoms with van der Waals surface area (Å²) in [5.41, 5.74) is 8.35. The second-order valence-corrected chi connectivity index (χ2v) is 8.40. The van der Waals surface area contributed by atoms with Gasteiger partial charge in [0.25, 0.3) is 0 Å². The molecule has 0 bridgehead atoms. The van der Waals surface area contributed by atoms with Gasteiger partial charge in [0.1, 0.15) is 22.8 Å². The molecule has 0 radical (unpaired) electrons. The Kier molecular flexibility index (Phi) is 6.23. The molecule has 5 rings (SSSR count). The summed E-state index contributed by atoms with van der Waals surface area (Å²) in [6.45, 7) is 10.5. The van der Waals surface area contributed by atoms with Gasteiger partial charge in [0.05, 0.1) is 17.6 Å². The molecular formula is C28H29N7. The number of fused-ring (bicyclic) bond motifs is 1. The maximum absolute atomic E-state index is 5.09. The van der Waals surface area contributed by atoms with Gasteiger partial charge in [0, 0.05) is 36.7 Å². The first-order valence-electron chi connectivity index (χ1n) is 12.1. The normalized spacial score (nSPS) is 13.7. The molecule has 2 aromatic carbocycles. The minimum atomic E-state index is 0.727. The van der Waals surface area contributed by atoms with Crippen molar-refractivity contribution in [3.05, 3.63) is 78.5 Å². The van der Waals surface area contributed by atoms with E-state index in [-0.39, 0.29) is 0 Å². The number of rotatable bonds is 7. The van der Waals surface area contributed by atoms with Gasteiger partial charge < -0.3 is 4.90 Å². The molecule has 4 aromatic rings. The van der Waals surface area contributed by atoms with E-state index in [2.05, 4.69) is 72.9 Å². The molecule has 0 saturated carbocycles. The zero-order chi connectivity index (χ0) is 24.4. The largest absolute Gasteiger partial charge is 0.372 e. The number of aliphatic imine (C=N–C) groups is 1. The summed E-state index contributed by atoms with van der Waals surface area (Å²) in [5, 5.41) is 4.94. The lowest BCUT2D eigenvalue weighted by Gasteiger charge is -2.21. The van der Waals surface area contributed by atoms with Crippen molar-refractivity contribution >= 4 is 22.8 Å². The molecule has 35 heavy (non-hydrogen) atoms. The van der Waals surface area contributed by atoms with Crippen molar-refractivity contribution in [3.63, 3.8) is 0 Å². The Morgan fingerprint density at radius 3 is 2.43 bits per heavy atom. The van der Waals surface area contributed by atoms with Crippen LogP contribution in [-0.4, -0.2) is 44.1 Å². The molecule has 3 heterocycles. The highest BCUT2D eigenvalue weighted by Crippen LogP contribution is 2.35. The van der Waals surface area contributed by atoms with E-state index in [0.717, 1.165) is 70.7 Å². The molecule has 176 valence electrons. The number of hydrogen-bond donors (Lipinski definition) is 0. The fourth-order valence-corrected chi connectivity index (χ4v) is 4.43. The number of imidazole rings is 1. The Balaban J connectivity index is 1.67. The lowest BCUT2D eigenvalue weighted by molar-refractivity contribution is 0.865. The third-order valence-corrected chi connectivity index (χ3v) is 6.29. The lowest BCUT2D eigenvalue weighted by Crippen LogP contribution is -2.21. The van der Waals surface area contributed by atoms with Gasteiger partial charge in [-0.3, -0.25) is 9.97 Å². The maximum atomic E-state index is 5.09. The highest BCUT2D eigenvalue weighted by Gasteiger charge is 2.31. The molecular weight excluding hydrogens is 434 g/mol. The maximum Gasteiger partial charge on any atom is 0.182 e. The summed E-state index contributed by atoms with van der Waals surface area (Å²) in [7, 11) is 0. The van der Waals surface area contributed by atoms with Crippen molar-refractivity contribution in [2.24, 2.45) is 10.1 Å². The fourth-order valence-electron chi connectivity index (χ4n) is 4.43. The second-order valence-electron chi connectivity index (χ2n) is 8.40. The van der Waals surface area contributed by atoms with Gasteiger partial charge in [0.2, 0.25) is 0 Å². The molecule has 0 amide bonds. The minimum Gasteiger partial charge on any atom is -0.372 e. The average molecular weight is 464 g/mol. The van der Waals surface area contributed by atoms with E-state index in [1.54, 1.807) is 18.6 Å². The van der Waals surface area contributed by atoms with Crippen LogP contribution in [0.5, 0.6) is 0 Å². The van der Waals surface area contributed by atoms with E-state index in [9.17, 15) is 0 Å². The first kappa shape index (κ1) is 22.7. The molecule has 0 N–H and O–H groups in total.